The molecule has 0 aliphatic carbocycles. The summed E-state index contributed by atoms with van der Waals surface area (Å²) in [5.74, 6) is -1.89. The van der Waals surface area contributed by atoms with Crippen molar-refractivity contribution in [3.63, 3.8) is 0 Å². The lowest BCUT2D eigenvalue weighted by atomic mass is 10.1. The van der Waals surface area contributed by atoms with Crippen LogP contribution in [0.1, 0.15) is 54.8 Å². The number of nitrogens with zero attached hydrogens (tertiary/aromatic N) is 1. The zero-order valence-electron chi connectivity index (χ0n) is 14.8. The SMILES string of the molecule is C[C@H](OC(=O)CCN1C(=O)c2ccccc2C1=O)C(=O)NC(C)(C)C. The van der Waals surface area contributed by atoms with Crippen molar-refractivity contribution in [3.8, 4) is 0 Å². The van der Waals surface area contributed by atoms with E-state index in [4.69, 9.17) is 4.74 Å². The van der Waals surface area contributed by atoms with Gasteiger partial charge in [-0.2, -0.15) is 0 Å². The quantitative estimate of drug-likeness (QED) is 0.644. The summed E-state index contributed by atoms with van der Waals surface area (Å²) in [5, 5.41) is 2.71. The van der Waals surface area contributed by atoms with Crippen molar-refractivity contribution in [1.29, 1.82) is 0 Å². The molecule has 0 aromatic heterocycles. The minimum atomic E-state index is -0.950. The first-order valence-electron chi connectivity index (χ1n) is 8.07. The second kappa shape index (κ2) is 7.04. The fourth-order valence-electron chi connectivity index (χ4n) is 2.43. The van der Waals surface area contributed by atoms with E-state index in [0.29, 0.717) is 11.1 Å². The molecular weight excluding hydrogens is 324 g/mol. The molecular formula is C18H22N2O5. The zero-order valence-corrected chi connectivity index (χ0v) is 14.8. The predicted molar refractivity (Wildman–Crippen MR) is 89.9 cm³/mol. The van der Waals surface area contributed by atoms with Gasteiger partial charge in [-0.25, -0.2) is 0 Å². The van der Waals surface area contributed by atoms with Crippen LogP contribution in [0.15, 0.2) is 24.3 Å². The van der Waals surface area contributed by atoms with Crippen LogP contribution in [0.4, 0.5) is 0 Å². The second-order valence-electron chi connectivity index (χ2n) is 6.93. The van der Waals surface area contributed by atoms with Crippen LogP contribution in [0.5, 0.6) is 0 Å². The van der Waals surface area contributed by atoms with E-state index in [-0.39, 0.29) is 13.0 Å². The van der Waals surface area contributed by atoms with Gasteiger partial charge < -0.3 is 10.1 Å². The molecule has 25 heavy (non-hydrogen) atoms. The van der Waals surface area contributed by atoms with Crippen molar-refractivity contribution >= 4 is 23.7 Å². The summed E-state index contributed by atoms with van der Waals surface area (Å²) in [5.41, 5.74) is 0.232. The third kappa shape index (κ3) is 4.43. The van der Waals surface area contributed by atoms with Crippen LogP contribution in [0, 0.1) is 0 Å². The molecule has 0 bridgehead atoms. The van der Waals surface area contributed by atoms with Crippen LogP contribution in [0.3, 0.4) is 0 Å². The number of hydrogen-bond donors (Lipinski definition) is 1. The van der Waals surface area contributed by atoms with Crippen LogP contribution in [0.25, 0.3) is 0 Å². The van der Waals surface area contributed by atoms with Gasteiger partial charge in [-0.15, -0.1) is 0 Å². The number of rotatable bonds is 5. The van der Waals surface area contributed by atoms with E-state index in [1.54, 1.807) is 24.3 Å². The lowest BCUT2D eigenvalue weighted by Gasteiger charge is -2.23. The summed E-state index contributed by atoms with van der Waals surface area (Å²) < 4.78 is 5.07. The average molecular weight is 346 g/mol. The number of ether oxygens (including phenoxy) is 1. The molecule has 3 amide bonds. The summed E-state index contributed by atoms with van der Waals surface area (Å²) in [4.78, 5) is 49.2. The standard InChI is InChI=1S/C18H22N2O5/c1-11(15(22)19-18(2,3)4)25-14(21)9-10-20-16(23)12-7-5-6-8-13(12)17(20)24/h5-8,11H,9-10H2,1-4H3,(H,19,22)/t11-/m0/s1. The van der Waals surface area contributed by atoms with E-state index in [2.05, 4.69) is 5.32 Å². The Balaban J connectivity index is 1.88. The van der Waals surface area contributed by atoms with Crippen LogP contribution < -0.4 is 5.32 Å². The summed E-state index contributed by atoms with van der Waals surface area (Å²) in [6.07, 6.45) is -1.12. The molecule has 0 saturated carbocycles. The molecule has 0 radical (unpaired) electrons. The highest BCUT2D eigenvalue weighted by Crippen LogP contribution is 2.22. The zero-order chi connectivity index (χ0) is 18.8. The van der Waals surface area contributed by atoms with Gasteiger partial charge in [0.05, 0.1) is 17.5 Å². The van der Waals surface area contributed by atoms with E-state index in [0.717, 1.165) is 4.90 Å². The highest BCUT2D eigenvalue weighted by atomic mass is 16.5. The van der Waals surface area contributed by atoms with Crippen LogP contribution >= 0.6 is 0 Å². The van der Waals surface area contributed by atoms with Gasteiger partial charge >= 0.3 is 5.97 Å². The first-order valence-corrected chi connectivity index (χ1v) is 8.07. The summed E-state index contributed by atoms with van der Waals surface area (Å²) in [7, 11) is 0. The van der Waals surface area contributed by atoms with Crippen LogP contribution in [-0.2, 0) is 14.3 Å². The van der Waals surface area contributed by atoms with Gasteiger partial charge in [0.1, 0.15) is 0 Å². The van der Waals surface area contributed by atoms with Gasteiger partial charge in [0.2, 0.25) is 0 Å². The molecule has 1 atom stereocenters. The Morgan fingerprint density at radius 3 is 2.12 bits per heavy atom. The Kier molecular flexibility index (Phi) is 5.25. The third-order valence-corrected chi connectivity index (χ3v) is 3.59. The number of benzene rings is 1. The Morgan fingerprint density at radius 1 is 1.12 bits per heavy atom. The largest absolute Gasteiger partial charge is 0.452 e. The molecule has 1 aliphatic heterocycles. The number of fused-ring (bicyclic) bond motifs is 1. The maximum absolute atomic E-state index is 12.2. The minimum absolute atomic E-state index is 0.0845. The third-order valence-electron chi connectivity index (χ3n) is 3.59. The van der Waals surface area contributed by atoms with Gasteiger partial charge in [0.25, 0.3) is 17.7 Å². The van der Waals surface area contributed by atoms with Gasteiger partial charge in [-0.05, 0) is 39.8 Å². The van der Waals surface area contributed by atoms with Crippen molar-refractivity contribution in [2.45, 2.75) is 45.8 Å². The van der Waals surface area contributed by atoms with Crippen LogP contribution in [0.2, 0.25) is 0 Å². The first-order chi connectivity index (χ1) is 11.6. The monoisotopic (exact) mass is 346 g/mol. The van der Waals surface area contributed by atoms with Crippen LogP contribution in [-0.4, -0.2) is 46.8 Å². The van der Waals surface area contributed by atoms with Gasteiger partial charge in [0, 0.05) is 12.1 Å². The molecule has 7 heteroatoms. The molecule has 1 aromatic rings. The molecule has 7 nitrogen and oxygen atoms in total. The lowest BCUT2D eigenvalue weighted by Crippen LogP contribution is -2.46. The van der Waals surface area contributed by atoms with Crippen molar-refractivity contribution < 1.29 is 23.9 Å². The first kappa shape index (κ1) is 18.6. The molecule has 1 heterocycles. The van der Waals surface area contributed by atoms with Crippen molar-refractivity contribution in [2.75, 3.05) is 6.54 Å². The number of hydrogen-bond acceptors (Lipinski definition) is 5. The molecule has 1 aliphatic rings. The smallest absolute Gasteiger partial charge is 0.308 e. The minimum Gasteiger partial charge on any atom is -0.452 e. The number of nitrogens with one attached hydrogen (secondary N) is 1. The predicted octanol–water partition coefficient (Wildman–Crippen LogP) is 1.52. The molecule has 2 rings (SSSR count). The molecule has 0 spiro atoms. The fraction of sp³-hybridized carbons (Fsp3) is 0.444. The van der Waals surface area contributed by atoms with E-state index < -0.39 is 35.3 Å². The highest BCUT2D eigenvalue weighted by molar-refractivity contribution is 6.21. The van der Waals surface area contributed by atoms with Crippen molar-refractivity contribution in [2.24, 2.45) is 0 Å². The number of carbonyl (C=O) groups is 4. The molecule has 134 valence electrons. The Bertz CT molecular complexity index is 685. The normalized spacial score (nSPS) is 15.0. The number of esters is 1. The van der Waals surface area contributed by atoms with Crippen molar-refractivity contribution in [1.82, 2.24) is 10.2 Å². The van der Waals surface area contributed by atoms with E-state index in [9.17, 15) is 19.2 Å². The number of carbonyl (C=O) groups excluding carboxylic acids is 4. The Labute approximate surface area is 146 Å². The Hall–Kier alpha value is -2.70. The molecule has 1 N–H and O–H groups in total. The van der Waals surface area contributed by atoms with Gasteiger partial charge in [-0.3, -0.25) is 24.1 Å². The molecule has 0 saturated heterocycles. The fourth-order valence-corrected chi connectivity index (χ4v) is 2.43. The van der Waals surface area contributed by atoms with E-state index in [1.165, 1.54) is 6.92 Å². The molecule has 0 fully saturated rings. The number of imide groups is 1. The van der Waals surface area contributed by atoms with E-state index >= 15 is 0 Å². The average Bonchev–Trinajstić information content (AvgIpc) is 2.75. The Morgan fingerprint density at radius 2 is 1.64 bits per heavy atom. The topological polar surface area (TPSA) is 92.8 Å². The summed E-state index contributed by atoms with van der Waals surface area (Å²) >= 11 is 0. The lowest BCUT2D eigenvalue weighted by molar-refractivity contribution is -0.155. The summed E-state index contributed by atoms with van der Waals surface area (Å²) in [6.45, 7) is 6.85. The van der Waals surface area contributed by atoms with Gasteiger partial charge in [0.15, 0.2) is 6.10 Å². The molecule has 0 unspecified atom stereocenters. The molecule has 1 aromatic carbocycles. The van der Waals surface area contributed by atoms with Gasteiger partial charge in [-0.1, -0.05) is 12.1 Å². The van der Waals surface area contributed by atoms with Crippen molar-refractivity contribution in [3.05, 3.63) is 35.4 Å². The maximum atomic E-state index is 12.2. The maximum Gasteiger partial charge on any atom is 0.308 e. The highest BCUT2D eigenvalue weighted by Gasteiger charge is 2.35. The summed E-state index contributed by atoms with van der Waals surface area (Å²) in [6, 6.07) is 6.51. The van der Waals surface area contributed by atoms with E-state index in [1.807, 2.05) is 20.8 Å². The number of amides is 3. The second-order valence-corrected chi connectivity index (χ2v) is 6.93.